The van der Waals surface area contributed by atoms with Crippen LogP contribution in [0, 0.1) is 0 Å². The Morgan fingerprint density at radius 2 is 2.05 bits per heavy atom. The zero-order chi connectivity index (χ0) is 14.7. The van der Waals surface area contributed by atoms with Crippen molar-refractivity contribution in [1.29, 1.82) is 0 Å². The summed E-state index contributed by atoms with van der Waals surface area (Å²) in [6.07, 6.45) is 0. The summed E-state index contributed by atoms with van der Waals surface area (Å²) in [4.78, 5) is 41.2. The SMILES string of the molecule is CCOC(=O)c1nc2cc(C(=O)OC)ccc2c(=O)[nH]1. The minimum atomic E-state index is -0.727. The number of H-pyrrole nitrogens is 1. The number of fused-ring (bicyclic) bond motifs is 1. The molecule has 0 spiro atoms. The van der Waals surface area contributed by atoms with Gasteiger partial charge < -0.3 is 14.5 Å². The first kappa shape index (κ1) is 13.7. The summed E-state index contributed by atoms with van der Waals surface area (Å²) in [5.41, 5.74) is -0.0120. The Morgan fingerprint density at radius 3 is 2.70 bits per heavy atom. The molecule has 7 heteroatoms. The van der Waals surface area contributed by atoms with Gasteiger partial charge in [-0.1, -0.05) is 0 Å². The summed E-state index contributed by atoms with van der Waals surface area (Å²) < 4.78 is 9.35. The standard InChI is InChI=1S/C13H12N2O5/c1-3-20-13(18)10-14-9-6-7(12(17)19-2)4-5-8(9)11(16)15-10/h4-6H,3H2,1-2H3,(H,14,15,16). The molecule has 1 heterocycles. The highest BCUT2D eigenvalue weighted by molar-refractivity contribution is 5.95. The van der Waals surface area contributed by atoms with Crippen LogP contribution >= 0.6 is 0 Å². The number of methoxy groups -OCH3 is 1. The maximum absolute atomic E-state index is 11.8. The first-order valence-electron chi connectivity index (χ1n) is 5.86. The summed E-state index contributed by atoms with van der Waals surface area (Å²) in [7, 11) is 1.25. The molecule has 0 unspecified atom stereocenters. The Balaban J connectivity index is 2.58. The molecule has 0 amide bonds. The molecular formula is C13H12N2O5. The molecule has 0 aliphatic carbocycles. The van der Waals surface area contributed by atoms with Crippen LogP contribution in [-0.2, 0) is 9.47 Å². The topological polar surface area (TPSA) is 98.3 Å². The zero-order valence-electron chi connectivity index (χ0n) is 10.9. The van der Waals surface area contributed by atoms with E-state index < -0.39 is 17.5 Å². The van der Waals surface area contributed by atoms with Crippen LogP contribution in [0.5, 0.6) is 0 Å². The van der Waals surface area contributed by atoms with E-state index in [2.05, 4.69) is 14.7 Å². The molecule has 0 aliphatic heterocycles. The number of hydrogen-bond donors (Lipinski definition) is 1. The fourth-order valence-corrected chi connectivity index (χ4v) is 1.68. The zero-order valence-corrected chi connectivity index (χ0v) is 10.9. The molecule has 1 aromatic carbocycles. The van der Waals surface area contributed by atoms with Crippen molar-refractivity contribution in [1.82, 2.24) is 9.97 Å². The van der Waals surface area contributed by atoms with Crippen LogP contribution in [-0.4, -0.2) is 35.6 Å². The van der Waals surface area contributed by atoms with E-state index in [0.717, 1.165) is 0 Å². The fraction of sp³-hybridized carbons (Fsp3) is 0.231. The molecule has 0 bridgehead atoms. The van der Waals surface area contributed by atoms with Crippen LogP contribution in [0.2, 0.25) is 0 Å². The van der Waals surface area contributed by atoms with Crippen LogP contribution in [0.15, 0.2) is 23.0 Å². The lowest BCUT2D eigenvalue weighted by molar-refractivity contribution is 0.0511. The van der Waals surface area contributed by atoms with E-state index in [9.17, 15) is 14.4 Å². The van der Waals surface area contributed by atoms with Gasteiger partial charge >= 0.3 is 11.9 Å². The molecule has 0 aliphatic rings. The second kappa shape index (κ2) is 5.52. The van der Waals surface area contributed by atoms with E-state index in [0.29, 0.717) is 0 Å². The van der Waals surface area contributed by atoms with E-state index in [1.54, 1.807) is 6.92 Å². The minimum absolute atomic E-state index is 0.169. The third-order valence-electron chi connectivity index (χ3n) is 2.60. The number of nitrogens with one attached hydrogen (secondary N) is 1. The molecule has 0 radical (unpaired) electrons. The van der Waals surface area contributed by atoms with Crippen molar-refractivity contribution in [2.24, 2.45) is 0 Å². The van der Waals surface area contributed by atoms with Gasteiger partial charge in [-0.25, -0.2) is 14.6 Å². The average Bonchev–Trinajstić information content (AvgIpc) is 2.46. The van der Waals surface area contributed by atoms with E-state index in [1.165, 1.54) is 25.3 Å². The number of esters is 2. The van der Waals surface area contributed by atoms with Crippen LogP contribution < -0.4 is 5.56 Å². The van der Waals surface area contributed by atoms with Crippen LogP contribution in [0.25, 0.3) is 10.9 Å². The second-order valence-electron chi connectivity index (χ2n) is 3.86. The Hall–Kier alpha value is -2.70. The third kappa shape index (κ3) is 2.51. The Labute approximate surface area is 113 Å². The number of ether oxygens (including phenoxy) is 2. The highest BCUT2D eigenvalue weighted by atomic mass is 16.5. The summed E-state index contributed by atoms with van der Waals surface area (Å²) in [6.45, 7) is 1.81. The predicted octanol–water partition coefficient (Wildman–Crippen LogP) is 0.886. The first-order valence-corrected chi connectivity index (χ1v) is 5.86. The quantitative estimate of drug-likeness (QED) is 0.836. The van der Waals surface area contributed by atoms with Gasteiger partial charge in [0, 0.05) is 0 Å². The summed E-state index contributed by atoms with van der Waals surface area (Å²) >= 11 is 0. The molecule has 7 nitrogen and oxygen atoms in total. The van der Waals surface area contributed by atoms with Gasteiger partial charge in [0.15, 0.2) is 0 Å². The maximum atomic E-state index is 11.8. The number of nitrogens with zero attached hydrogens (tertiary/aromatic N) is 1. The first-order chi connectivity index (χ1) is 9.56. The normalized spacial score (nSPS) is 10.3. The number of hydrogen-bond acceptors (Lipinski definition) is 6. The average molecular weight is 276 g/mol. The van der Waals surface area contributed by atoms with Crippen molar-refractivity contribution < 1.29 is 19.1 Å². The molecule has 104 valence electrons. The number of carbonyl (C=O) groups excluding carboxylic acids is 2. The van der Waals surface area contributed by atoms with Crippen LogP contribution in [0.4, 0.5) is 0 Å². The molecule has 0 fully saturated rings. The van der Waals surface area contributed by atoms with Crippen molar-refractivity contribution >= 4 is 22.8 Å². The summed E-state index contributed by atoms with van der Waals surface area (Å²) in [5, 5.41) is 0.269. The number of carbonyl (C=O) groups is 2. The lowest BCUT2D eigenvalue weighted by Crippen LogP contribution is -2.18. The van der Waals surface area contributed by atoms with E-state index in [-0.39, 0.29) is 28.9 Å². The van der Waals surface area contributed by atoms with E-state index in [4.69, 9.17) is 4.74 Å². The number of benzene rings is 1. The molecule has 20 heavy (non-hydrogen) atoms. The van der Waals surface area contributed by atoms with Gasteiger partial charge in [0.25, 0.3) is 5.56 Å². The Bertz CT molecular complexity index is 735. The van der Waals surface area contributed by atoms with Gasteiger partial charge in [0.1, 0.15) is 0 Å². The van der Waals surface area contributed by atoms with Crippen molar-refractivity contribution in [2.45, 2.75) is 6.92 Å². The van der Waals surface area contributed by atoms with Crippen molar-refractivity contribution in [3.8, 4) is 0 Å². The smallest absolute Gasteiger partial charge is 0.374 e. The third-order valence-corrected chi connectivity index (χ3v) is 2.60. The van der Waals surface area contributed by atoms with Crippen LogP contribution in [0.3, 0.4) is 0 Å². The molecule has 1 N–H and O–H groups in total. The highest BCUT2D eigenvalue weighted by Gasteiger charge is 2.14. The van der Waals surface area contributed by atoms with Crippen molar-refractivity contribution in [3.05, 3.63) is 39.9 Å². The Morgan fingerprint density at radius 1 is 1.30 bits per heavy atom. The minimum Gasteiger partial charge on any atom is -0.465 e. The fourth-order valence-electron chi connectivity index (χ4n) is 1.68. The lowest BCUT2D eigenvalue weighted by Gasteiger charge is -2.04. The largest absolute Gasteiger partial charge is 0.465 e. The van der Waals surface area contributed by atoms with Gasteiger partial charge in [0.2, 0.25) is 5.82 Å². The molecule has 2 rings (SSSR count). The van der Waals surface area contributed by atoms with Gasteiger partial charge in [-0.05, 0) is 25.1 Å². The van der Waals surface area contributed by atoms with Crippen molar-refractivity contribution in [2.75, 3.05) is 13.7 Å². The summed E-state index contributed by atoms with van der Waals surface area (Å²) in [5.74, 6) is -1.48. The molecule has 1 aromatic heterocycles. The molecular weight excluding hydrogens is 264 g/mol. The molecule has 2 aromatic rings. The maximum Gasteiger partial charge on any atom is 0.374 e. The highest BCUT2D eigenvalue weighted by Crippen LogP contribution is 2.11. The summed E-state index contributed by atoms with van der Waals surface area (Å²) in [6, 6.07) is 4.29. The molecule has 0 saturated heterocycles. The van der Waals surface area contributed by atoms with Gasteiger partial charge in [0.05, 0.1) is 30.2 Å². The van der Waals surface area contributed by atoms with Crippen LogP contribution in [0.1, 0.15) is 27.9 Å². The van der Waals surface area contributed by atoms with Gasteiger partial charge in [-0.2, -0.15) is 0 Å². The second-order valence-corrected chi connectivity index (χ2v) is 3.86. The lowest BCUT2D eigenvalue weighted by atomic mass is 10.1. The van der Waals surface area contributed by atoms with Gasteiger partial charge in [-0.3, -0.25) is 4.79 Å². The van der Waals surface area contributed by atoms with Gasteiger partial charge in [-0.15, -0.1) is 0 Å². The number of aromatic nitrogens is 2. The predicted molar refractivity (Wildman–Crippen MR) is 69.7 cm³/mol. The molecule has 0 saturated carbocycles. The molecule has 0 atom stereocenters. The Kier molecular flexibility index (Phi) is 3.79. The monoisotopic (exact) mass is 276 g/mol. The van der Waals surface area contributed by atoms with E-state index >= 15 is 0 Å². The number of aromatic amines is 1. The van der Waals surface area contributed by atoms with E-state index in [1.807, 2.05) is 0 Å². The number of rotatable bonds is 3. The van der Waals surface area contributed by atoms with Crippen molar-refractivity contribution in [3.63, 3.8) is 0 Å².